The number of aromatic nitrogens is 3. The fourth-order valence-corrected chi connectivity index (χ4v) is 3.36. The molecule has 114 valence electrons. The SMILES string of the molecule is CCCCCCc1cc2c(N)ncnc2nc1-c1cccs1. The summed E-state index contributed by atoms with van der Waals surface area (Å²) in [6.45, 7) is 2.23. The molecular formula is C17H20N4S. The minimum absolute atomic E-state index is 0.505. The maximum absolute atomic E-state index is 5.98. The first-order valence-electron chi connectivity index (χ1n) is 7.73. The molecule has 3 rings (SSSR count). The second kappa shape index (κ2) is 6.83. The quantitative estimate of drug-likeness (QED) is 0.683. The van der Waals surface area contributed by atoms with Gasteiger partial charge in [-0.1, -0.05) is 32.3 Å². The third-order valence-electron chi connectivity index (χ3n) is 3.79. The number of hydrogen-bond donors (Lipinski definition) is 1. The highest BCUT2D eigenvalue weighted by Crippen LogP contribution is 2.30. The van der Waals surface area contributed by atoms with E-state index < -0.39 is 0 Å². The van der Waals surface area contributed by atoms with E-state index in [9.17, 15) is 0 Å². The van der Waals surface area contributed by atoms with Crippen molar-refractivity contribution < 1.29 is 0 Å². The van der Waals surface area contributed by atoms with Crippen LogP contribution in [0.15, 0.2) is 29.9 Å². The second-order valence-electron chi connectivity index (χ2n) is 5.41. The molecule has 22 heavy (non-hydrogen) atoms. The Hall–Kier alpha value is -2.01. The lowest BCUT2D eigenvalue weighted by Gasteiger charge is -2.10. The maximum atomic E-state index is 5.98. The number of nitrogen functional groups attached to an aromatic ring is 1. The normalized spacial score (nSPS) is 11.1. The Morgan fingerprint density at radius 1 is 1.18 bits per heavy atom. The molecule has 0 aromatic carbocycles. The fourth-order valence-electron chi connectivity index (χ4n) is 2.61. The molecular weight excluding hydrogens is 292 g/mol. The van der Waals surface area contributed by atoms with Gasteiger partial charge in [0.2, 0.25) is 0 Å². The van der Waals surface area contributed by atoms with E-state index >= 15 is 0 Å². The summed E-state index contributed by atoms with van der Waals surface area (Å²) >= 11 is 1.71. The maximum Gasteiger partial charge on any atom is 0.165 e. The first-order chi connectivity index (χ1) is 10.8. The molecule has 3 heterocycles. The number of thiophene rings is 1. The summed E-state index contributed by atoms with van der Waals surface area (Å²) in [5, 5.41) is 2.93. The number of rotatable bonds is 6. The predicted molar refractivity (Wildman–Crippen MR) is 92.9 cm³/mol. The number of nitrogens with zero attached hydrogens (tertiary/aromatic N) is 3. The molecule has 0 aliphatic carbocycles. The lowest BCUT2D eigenvalue weighted by atomic mass is 10.0. The van der Waals surface area contributed by atoms with Crippen molar-refractivity contribution in [2.45, 2.75) is 39.0 Å². The van der Waals surface area contributed by atoms with Crippen molar-refractivity contribution in [1.29, 1.82) is 0 Å². The van der Waals surface area contributed by atoms with Gasteiger partial charge in [0.1, 0.15) is 12.1 Å². The third kappa shape index (κ3) is 3.09. The molecule has 0 aliphatic heterocycles. The van der Waals surface area contributed by atoms with Crippen molar-refractivity contribution in [2.24, 2.45) is 0 Å². The average Bonchev–Trinajstić information content (AvgIpc) is 3.06. The topological polar surface area (TPSA) is 64.7 Å². The number of hydrogen-bond acceptors (Lipinski definition) is 5. The van der Waals surface area contributed by atoms with Crippen LogP contribution in [0.2, 0.25) is 0 Å². The lowest BCUT2D eigenvalue weighted by Crippen LogP contribution is -1.99. The van der Waals surface area contributed by atoms with Crippen LogP contribution in [0.3, 0.4) is 0 Å². The Labute approximate surface area is 134 Å². The number of anilines is 1. The summed E-state index contributed by atoms with van der Waals surface area (Å²) in [7, 11) is 0. The van der Waals surface area contributed by atoms with Crippen molar-refractivity contribution >= 4 is 28.2 Å². The van der Waals surface area contributed by atoms with Gasteiger partial charge in [0.05, 0.1) is 16.0 Å². The number of aryl methyl sites for hydroxylation is 1. The van der Waals surface area contributed by atoms with Crippen molar-refractivity contribution in [2.75, 3.05) is 5.73 Å². The Morgan fingerprint density at radius 3 is 2.86 bits per heavy atom. The summed E-state index contributed by atoms with van der Waals surface area (Å²) in [4.78, 5) is 14.3. The molecule has 0 fully saturated rings. The van der Waals surface area contributed by atoms with Gasteiger partial charge in [-0.3, -0.25) is 0 Å². The summed E-state index contributed by atoms with van der Waals surface area (Å²) in [5.74, 6) is 0.505. The zero-order valence-electron chi connectivity index (χ0n) is 12.7. The van der Waals surface area contributed by atoms with Gasteiger partial charge in [0.25, 0.3) is 0 Å². The van der Waals surface area contributed by atoms with Crippen LogP contribution in [0.5, 0.6) is 0 Å². The van der Waals surface area contributed by atoms with Crippen LogP contribution in [0.25, 0.3) is 21.6 Å². The summed E-state index contributed by atoms with van der Waals surface area (Å²) < 4.78 is 0. The first kappa shape index (κ1) is 14.9. The van der Waals surface area contributed by atoms with E-state index in [4.69, 9.17) is 10.7 Å². The van der Waals surface area contributed by atoms with E-state index in [0.717, 1.165) is 17.5 Å². The molecule has 5 heteroatoms. The van der Waals surface area contributed by atoms with Crippen molar-refractivity contribution in [3.8, 4) is 10.6 Å². The summed E-state index contributed by atoms with van der Waals surface area (Å²) in [6.07, 6.45) is 7.44. The molecule has 0 spiro atoms. The highest BCUT2D eigenvalue weighted by atomic mass is 32.1. The lowest BCUT2D eigenvalue weighted by molar-refractivity contribution is 0.667. The monoisotopic (exact) mass is 312 g/mol. The molecule has 0 aliphatic rings. The molecule has 0 radical (unpaired) electrons. The molecule has 0 saturated heterocycles. The van der Waals surface area contributed by atoms with Gasteiger partial charge in [-0.25, -0.2) is 15.0 Å². The third-order valence-corrected chi connectivity index (χ3v) is 4.66. The molecule has 4 nitrogen and oxygen atoms in total. The van der Waals surface area contributed by atoms with Crippen LogP contribution in [-0.2, 0) is 6.42 Å². The number of pyridine rings is 1. The van der Waals surface area contributed by atoms with Crippen LogP contribution in [0, 0.1) is 0 Å². The van der Waals surface area contributed by atoms with E-state index in [1.807, 2.05) is 0 Å². The van der Waals surface area contributed by atoms with Crippen LogP contribution in [-0.4, -0.2) is 15.0 Å². The number of unbranched alkanes of at least 4 members (excludes halogenated alkanes) is 3. The van der Waals surface area contributed by atoms with Gasteiger partial charge in [-0.2, -0.15) is 0 Å². The highest BCUT2D eigenvalue weighted by Gasteiger charge is 2.12. The molecule has 3 aromatic rings. The minimum atomic E-state index is 0.505. The Bertz CT molecular complexity index is 753. The van der Waals surface area contributed by atoms with Gasteiger partial charge >= 0.3 is 0 Å². The fraction of sp³-hybridized carbons (Fsp3) is 0.353. The largest absolute Gasteiger partial charge is 0.383 e. The van der Waals surface area contributed by atoms with Gasteiger partial charge in [-0.05, 0) is 35.9 Å². The highest BCUT2D eigenvalue weighted by molar-refractivity contribution is 7.13. The van der Waals surface area contributed by atoms with E-state index in [1.165, 1.54) is 42.5 Å². The molecule has 0 amide bonds. The zero-order valence-corrected chi connectivity index (χ0v) is 13.6. The van der Waals surface area contributed by atoms with Crippen LogP contribution in [0.4, 0.5) is 5.82 Å². The van der Waals surface area contributed by atoms with Gasteiger partial charge in [0, 0.05) is 0 Å². The average molecular weight is 312 g/mol. The van der Waals surface area contributed by atoms with E-state index in [2.05, 4.69) is 40.5 Å². The number of nitrogens with two attached hydrogens (primary N) is 1. The van der Waals surface area contributed by atoms with Gasteiger partial charge in [0.15, 0.2) is 5.65 Å². The van der Waals surface area contributed by atoms with Crippen LogP contribution in [0.1, 0.15) is 38.2 Å². The number of fused-ring (bicyclic) bond motifs is 1. The van der Waals surface area contributed by atoms with E-state index in [1.54, 1.807) is 11.3 Å². The predicted octanol–water partition coefficient (Wildman–Crippen LogP) is 4.46. The van der Waals surface area contributed by atoms with E-state index in [0.29, 0.717) is 11.5 Å². The van der Waals surface area contributed by atoms with Crippen molar-refractivity contribution in [3.05, 3.63) is 35.5 Å². The summed E-state index contributed by atoms with van der Waals surface area (Å²) in [6, 6.07) is 6.29. The van der Waals surface area contributed by atoms with E-state index in [-0.39, 0.29) is 0 Å². The smallest absolute Gasteiger partial charge is 0.165 e. The molecule has 3 aromatic heterocycles. The zero-order chi connectivity index (χ0) is 15.4. The first-order valence-corrected chi connectivity index (χ1v) is 8.61. The van der Waals surface area contributed by atoms with Gasteiger partial charge in [-0.15, -0.1) is 11.3 Å². The Morgan fingerprint density at radius 2 is 2.09 bits per heavy atom. The molecule has 0 saturated carbocycles. The standard InChI is InChI=1S/C17H20N4S/c1-2-3-4-5-7-12-10-13-16(18)19-11-20-17(13)21-15(12)14-8-6-9-22-14/h6,8-11H,2-5,7H2,1H3,(H2,18,19,20,21). The summed E-state index contributed by atoms with van der Waals surface area (Å²) in [5.41, 5.74) is 8.94. The van der Waals surface area contributed by atoms with Crippen molar-refractivity contribution in [3.63, 3.8) is 0 Å². The Kier molecular flexibility index (Phi) is 4.63. The van der Waals surface area contributed by atoms with Gasteiger partial charge < -0.3 is 5.73 Å². The second-order valence-corrected chi connectivity index (χ2v) is 6.36. The van der Waals surface area contributed by atoms with Crippen LogP contribution < -0.4 is 5.73 Å². The van der Waals surface area contributed by atoms with Crippen LogP contribution >= 0.6 is 11.3 Å². The molecule has 0 unspecified atom stereocenters. The molecule has 0 bridgehead atoms. The molecule has 0 atom stereocenters. The van der Waals surface area contributed by atoms with Crippen molar-refractivity contribution in [1.82, 2.24) is 15.0 Å². The minimum Gasteiger partial charge on any atom is -0.383 e. The Balaban J connectivity index is 2.02. The molecule has 2 N–H and O–H groups in total.